The molecule has 0 bridgehead atoms. The van der Waals surface area contributed by atoms with E-state index in [0.717, 1.165) is 31.4 Å². The maximum absolute atomic E-state index is 11.9. The van der Waals surface area contributed by atoms with Gasteiger partial charge in [-0.3, -0.25) is 14.1 Å². The van der Waals surface area contributed by atoms with Crippen molar-refractivity contribution in [2.24, 2.45) is 0 Å². The van der Waals surface area contributed by atoms with Crippen LogP contribution in [-0.2, 0) is 19.7 Å². The average Bonchev–Trinajstić information content (AvgIpc) is 2.60. The first-order chi connectivity index (χ1) is 12.9. The summed E-state index contributed by atoms with van der Waals surface area (Å²) in [6.07, 6.45) is 17.6. The zero-order chi connectivity index (χ0) is 20.1. The molecule has 154 valence electrons. The third kappa shape index (κ3) is 9.47. The van der Waals surface area contributed by atoms with E-state index >= 15 is 0 Å². The highest BCUT2D eigenvalue weighted by Gasteiger charge is 2.30. The predicted octanol–water partition coefficient (Wildman–Crippen LogP) is 5.32. The van der Waals surface area contributed by atoms with E-state index in [1.807, 2.05) is 0 Å². The van der Waals surface area contributed by atoms with Gasteiger partial charge in [-0.25, -0.2) is 0 Å². The quantitative estimate of drug-likeness (QED) is 0.229. The molecule has 1 aliphatic rings. The van der Waals surface area contributed by atoms with Gasteiger partial charge in [-0.1, -0.05) is 84.0 Å². The summed E-state index contributed by atoms with van der Waals surface area (Å²) in [6.45, 7) is 2.23. The van der Waals surface area contributed by atoms with Crippen molar-refractivity contribution in [3.05, 3.63) is 22.6 Å². The smallest absolute Gasteiger partial charge is 0.290 e. The van der Waals surface area contributed by atoms with Gasteiger partial charge >= 0.3 is 0 Å². The SMILES string of the molecule is CCCCCCCCCCCCCCCC1=C(S(=O)(=O)O)C(=O)C=CC1=O. The van der Waals surface area contributed by atoms with E-state index in [1.165, 1.54) is 57.8 Å². The molecule has 0 saturated carbocycles. The molecular weight excluding hydrogens is 364 g/mol. The molecule has 0 aromatic heterocycles. The second kappa shape index (κ2) is 13.0. The Morgan fingerprint density at radius 1 is 0.704 bits per heavy atom. The summed E-state index contributed by atoms with van der Waals surface area (Å²) in [5, 5.41) is 0. The second-order valence-corrected chi connectivity index (χ2v) is 8.70. The van der Waals surface area contributed by atoms with Gasteiger partial charge in [0.05, 0.1) is 0 Å². The van der Waals surface area contributed by atoms with E-state index in [1.54, 1.807) is 0 Å². The number of hydrogen-bond acceptors (Lipinski definition) is 4. The molecule has 0 atom stereocenters. The number of hydrogen-bond donors (Lipinski definition) is 1. The molecule has 0 aliphatic heterocycles. The lowest BCUT2D eigenvalue weighted by atomic mass is 9.97. The molecular formula is C21H34O5S. The highest BCUT2D eigenvalue weighted by atomic mass is 32.2. The van der Waals surface area contributed by atoms with Crippen LogP contribution in [-0.4, -0.2) is 24.5 Å². The Labute approximate surface area is 164 Å². The Morgan fingerprint density at radius 3 is 1.56 bits per heavy atom. The monoisotopic (exact) mass is 398 g/mol. The van der Waals surface area contributed by atoms with Crippen molar-refractivity contribution in [1.29, 1.82) is 0 Å². The molecule has 0 amide bonds. The molecule has 1 N–H and O–H groups in total. The molecule has 0 fully saturated rings. The number of carbonyl (C=O) groups is 2. The van der Waals surface area contributed by atoms with Crippen molar-refractivity contribution in [3.63, 3.8) is 0 Å². The van der Waals surface area contributed by atoms with Crippen LogP contribution < -0.4 is 0 Å². The maximum Gasteiger partial charge on any atom is 0.298 e. The standard InChI is InChI=1S/C21H34O5S/c1-2-3-4-5-6-7-8-9-10-11-12-13-14-15-18-19(22)16-17-20(23)21(18)27(24,25)26/h16-17H,2-15H2,1H3,(H,24,25,26). The van der Waals surface area contributed by atoms with Crippen LogP contribution in [0.5, 0.6) is 0 Å². The molecule has 0 radical (unpaired) electrons. The van der Waals surface area contributed by atoms with Gasteiger partial charge in [0.2, 0.25) is 0 Å². The Kier molecular flexibility index (Phi) is 11.4. The molecule has 0 spiro atoms. The fourth-order valence-electron chi connectivity index (χ4n) is 3.43. The minimum atomic E-state index is -4.67. The average molecular weight is 399 g/mol. The van der Waals surface area contributed by atoms with Crippen LogP contribution in [0.15, 0.2) is 22.6 Å². The highest BCUT2D eigenvalue weighted by Crippen LogP contribution is 2.24. The van der Waals surface area contributed by atoms with Crippen LogP contribution in [0.1, 0.15) is 96.8 Å². The van der Waals surface area contributed by atoms with Gasteiger partial charge in [0, 0.05) is 5.57 Å². The molecule has 27 heavy (non-hydrogen) atoms. The van der Waals surface area contributed by atoms with Crippen LogP contribution in [0.3, 0.4) is 0 Å². The third-order valence-corrected chi connectivity index (χ3v) is 5.93. The molecule has 0 saturated heterocycles. The van der Waals surface area contributed by atoms with E-state index in [9.17, 15) is 22.6 Å². The van der Waals surface area contributed by atoms with Gasteiger partial charge in [0.15, 0.2) is 11.6 Å². The van der Waals surface area contributed by atoms with Gasteiger partial charge in [0.1, 0.15) is 4.91 Å². The van der Waals surface area contributed by atoms with Crippen molar-refractivity contribution in [2.45, 2.75) is 96.8 Å². The van der Waals surface area contributed by atoms with Crippen LogP contribution in [0.2, 0.25) is 0 Å². The maximum atomic E-state index is 11.9. The minimum Gasteiger partial charge on any atom is -0.290 e. The lowest BCUT2D eigenvalue weighted by molar-refractivity contribution is -0.115. The number of allylic oxidation sites excluding steroid dienone is 4. The Bertz CT molecular complexity index is 643. The largest absolute Gasteiger partial charge is 0.298 e. The molecule has 1 rings (SSSR count). The Balaban J connectivity index is 2.17. The zero-order valence-corrected chi connectivity index (χ0v) is 17.4. The molecule has 0 unspecified atom stereocenters. The summed E-state index contributed by atoms with van der Waals surface area (Å²) in [6, 6.07) is 0. The van der Waals surface area contributed by atoms with Gasteiger partial charge in [0.25, 0.3) is 10.1 Å². The lowest BCUT2D eigenvalue weighted by Gasteiger charge is -2.12. The van der Waals surface area contributed by atoms with Crippen molar-refractivity contribution >= 4 is 21.7 Å². The summed E-state index contributed by atoms with van der Waals surface area (Å²) < 4.78 is 32.0. The van der Waals surface area contributed by atoms with Crippen molar-refractivity contribution < 1.29 is 22.6 Å². The van der Waals surface area contributed by atoms with Gasteiger partial charge in [-0.05, 0) is 25.0 Å². The minimum absolute atomic E-state index is 0.0759. The molecule has 5 nitrogen and oxygen atoms in total. The first-order valence-corrected chi connectivity index (χ1v) is 11.8. The Morgan fingerprint density at radius 2 is 1.11 bits per heavy atom. The summed E-state index contributed by atoms with van der Waals surface area (Å²) in [5.41, 5.74) is -0.0759. The van der Waals surface area contributed by atoms with Gasteiger partial charge in [-0.2, -0.15) is 8.42 Å². The van der Waals surface area contributed by atoms with Gasteiger partial charge in [-0.15, -0.1) is 0 Å². The van der Waals surface area contributed by atoms with E-state index in [-0.39, 0.29) is 12.0 Å². The predicted molar refractivity (Wildman–Crippen MR) is 108 cm³/mol. The molecule has 0 heterocycles. The molecule has 0 aromatic rings. The second-order valence-electron chi connectivity index (χ2n) is 7.34. The molecule has 0 aromatic carbocycles. The number of ketones is 2. The Hall–Kier alpha value is -1.27. The number of unbranched alkanes of at least 4 members (excludes halogenated alkanes) is 12. The topological polar surface area (TPSA) is 88.5 Å². The van der Waals surface area contributed by atoms with Crippen LogP contribution in [0, 0.1) is 0 Å². The van der Waals surface area contributed by atoms with Crippen molar-refractivity contribution in [1.82, 2.24) is 0 Å². The summed E-state index contributed by atoms with van der Waals surface area (Å²) in [7, 11) is -4.67. The number of rotatable bonds is 15. The molecule has 1 aliphatic carbocycles. The van der Waals surface area contributed by atoms with E-state index in [0.29, 0.717) is 6.42 Å². The van der Waals surface area contributed by atoms with Crippen LogP contribution in [0.25, 0.3) is 0 Å². The van der Waals surface area contributed by atoms with E-state index in [4.69, 9.17) is 0 Å². The lowest BCUT2D eigenvalue weighted by Crippen LogP contribution is -2.21. The fraction of sp³-hybridized carbons (Fsp3) is 0.714. The van der Waals surface area contributed by atoms with Crippen LogP contribution in [0.4, 0.5) is 0 Å². The fourth-order valence-corrected chi connectivity index (χ4v) is 4.26. The molecule has 6 heteroatoms. The van der Waals surface area contributed by atoms with E-state index < -0.39 is 26.6 Å². The van der Waals surface area contributed by atoms with Gasteiger partial charge < -0.3 is 0 Å². The zero-order valence-electron chi connectivity index (χ0n) is 16.5. The van der Waals surface area contributed by atoms with Crippen molar-refractivity contribution in [3.8, 4) is 0 Å². The summed E-state index contributed by atoms with van der Waals surface area (Å²) >= 11 is 0. The van der Waals surface area contributed by atoms with Crippen molar-refractivity contribution in [2.75, 3.05) is 0 Å². The van der Waals surface area contributed by atoms with Crippen LogP contribution >= 0.6 is 0 Å². The third-order valence-electron chi connectivity index (χ3n) is 4.97. The summed E-state index contributed by atoms with van der Waals surface area (Å²) in [4.78, 5) is 22.8. The highest BCUT2D eigenvalue weighted by molar-refractivity contribution is 7.91. The first kappa shape index (κ1) is 23.8. The first-order valence-electron chi connectivity index (χ1n) is 10.3. The van der Waals surface area contributed by atoms with E-state index in [2.05, 4.69) is 6.92 Å². The number of carbonyl (C=O) groups excluding carboxylic acids is 2. The normalized spacial score (nSPS) is 15.0. The summed E-state index contributed by atoms with van der Waals surface area (Å²) in [5.74, 6) is -1.32.